The Morgan fingerprint density at radius 1 is 1.31 bits per heavy atom. The molecule has 0 aliphatic carbocycles. The number of benzene rings is 1. The van der Waals surface area contributed by atoms with Gasteiger partial charge in [0, 0.05) is 24.1 Å². The van der Waals surface area contributed by atoms with Crippen LogP contribution < -0.4 is 4.74 Å². The molecule has 10 heteroatoms. The van der Waals surface area contributed by atoms with Gasteiger partial charge in [-0.3, -0.25) is 9.59 Å². The summed E-state index contributed by atoms with van der Waals surface area (Å²) in [6.07, 6.45) is 3.92. The maximum Gasteiger partial charge on any atom is 0.310 e. The number of carbonyl (C=O) groups is 2. The average molecular weight is 516 g/mol. The van der Waals surface area contributed by atoms with Crippen molar-refractivity contribution >= 4 is 39.7 Å². The Hall–Kier alpha value is -2.98. The van der Waals surface area contributed by atoms with Crippen molar-refractivity contribution in [1.29, 1.82) is 0 Å². The van der Waals surface area contributed by atoms with Gasteiger partial charge in [0.2, 0.25) is 0 Å². The highest BCUT2D eigenvalue weighted by molar-refractivity contribution is 8.76. The van der Waals surface area contributed by atoms with Crippen molar-refractivity contribution in [1.82, 2.24) is 9.88 Å². The minimum absolute atomic E-state index is 0.0183. The fourth-order valence-electron chi connectivity index (χ4n) is 3.68. The number of ether oxygens (including phenoxy) is 2. The highest BCUT2D eigenvalue weighted by Gasteiger charge is 2.32. The lowest BCUT2D eigenvalue weighted by Crippen LogP contribution is -2.37. The smallest absolute Gasteiger partial charge is 0.310 e. The molecule has 1 saturated heterocycles. The van der Waals surface area contributed by atoms with Gasteiger partial charge in [0.15, 0.2) is 0 Å². The van der Waals surface area contributed by atoms with Gasteiger partial charge >= 0.3 is 5.97 Å². The van der Waals surface area contributed by atoms with E-state index in [1.54, 1.807) is 41.3 Å². The second kappa shape index (κ2) is 13.2. The summed E-state index contributed by atoms with van der Waals surface area (Å²) in [6.45, 7) is 6.57. The lowest BCUT2D eigenvalue weighted by Gasteiger charge is -2.23. The summed E-state index contributed by atoms with van der Waals surface area (Å²) in [5, 5.41) is 4.74. The van der Waals surface area contributed by atoms with Gasteiger partial charge in [-0.15, -0.1) is 0 Å². The molecule has 1 atom stereocenters. The van der Waals surface area contributed by atoms with Gasteiger partial charge in [-0.1, -0.05) is 40.2 Å². The largest absolute Gasteiger partial charge is 0.496 e. The zero-order chi connectivity index (χ0) is 25.2. The van der Waals surface area contributed by atoms with E-state index in [2.05, 4.69) is 16.7 Å². The minimum atomic E-state index is -0.393. The molecule has 0 saturated carbocycles. The Bertz CT molecular complexity index is 1080. The van der Waals surface area contributed by atoms with E-state index < -0.39 is 5.97 Å². The molecule has 1 aromatic carbocycles. The van der Waals surface area contributed by atoms with E-state index in [-0.39, 0.29) is 25.0 Å². The van der Waals surface area contributed by atoms with Gasteiger partial charge in [-0.25, -0.2) is 4.98 Å². The van der Waals surface area contributed by atoms with E-state index in [9.17, 15) is 9.59 Å². The highest BCUT2D eigenvalue weighted by Crippen LogP contribution is 2.30. The van der Waals surface area contributed by atoms with Crippen molar-refractivity contribution in [2.24, 2.45) is 5.16 Å². The number of esters is 1. The summed E-state index contributed by atoms with van der Waals surface area (Å²) < 4.78 is 10.9. The van der Waals surface area contributed by atoms with E-state index in [0.29, 0.717) is 35.6 Å². The van der Waals surface area contributed by atoms with E-state index in [1.165, 1.54) is 17.9 Å². The Kier molecular flexibility index (Phi) is 10.0. The van der Waals surface area contributed by atoms with E-state index >= 15 is 0 Å². The van der Waals surface area contributed by atoms with E-state index in [4.69, 9.17) is 14.3 Å². The topological polar surface area (TPSA) is 90.3 Å². The normalized spacial score (nSPS) is 15.5. The van der Waals surface area contributed by atoms with Crippen LogP contribution >= 0.6 is 21.6 Å². The van der Waals surface area contributed by atoms with Crippen molar-refractivity contribution in [2.75, 3.05) is 33.1 Å². The van der Waals surface area contributed by atoms with Gasteiger partial charge < -0.3 is 19.2 Å². The molecule has 1 amide bonds. The number of aryl methyl sites for hydroxylation is 1. The molecule has 2 heterocycles. The Labute approximate surface area is 213 Å². The second-order valence-corrected chi connectivity index (χ2v) is 10.3. The molecule has 186 valence electrons. The third-order valence-electron chi connectivity index (χ3n) is 5.29. The first-order valence-corrected chi connectivity index (χ1v) is 13.3. The summed E-state index contributed by atoms with van der Waals surface area (Å²) in [5.74, 6) is 0.583. The van der Waals surface area contributed by atoms with Gasteiger partial charge in [-0.05, 0) is 53.5 Å². The maximum absolute atomic E-state index is 13.5. The van der Waals surface area contributed by atoms with Crippen LogP contribution in [-0.2, 0) is 20.8 Å². The van der Waals surface area contributed by atoms with Crippen LogP contribution in [0.15, 0.2) is 58.9 Å². The highest BCUT2D eigenvalue weighted by atomic mass is 33.1. The van der Waals surface area contributed by atoms with E-state index in [0.717, 1.165) is 16.2 Å². The number of amides is 1. The van der Waals surface area contributed by atoms with Gasteiger partial charge in [0.05, 0.1) is 25.8 Å². The molecule has 3 rings (SSSR count). The zero-order valence-corrected chi connectivity index (χ0v) is 21.7. The number of hydrogen-bond acceptors (Lipinski definition) is 9. The van der Waals surface area contributed by atoms with Crippen molar-refractivity contribution < 1.29 is 23.9 Å². The third-order valence-corrected chi connectivity index (χ3v) is 7.52. The third kappa shape index (κ3) is 7.50. The summed E-state index contributed by atoms with van der Waals surface area (Å²) in [7, 11) is 6.10. The summed E-state index contributed by atoms with van der Waals surface area (Å²) in [4.78, 5) is 36.9. The summed E-state index contributed by atoms with van der Waals surface area (Å²) in [6, 6.07) is 8.94. The molecule has 1 aliphatic heterocycles. The zero-order valence-electron chi connectivity index (χ0n) is 20.1. The lowest BCUT2D eigenvalue weighted by molar-refractivity contribution is -0.142. The number of nitrogens with zero attached hydrogens (tertiary/aromatic N) is 3. The van der Waals surface area contributed by atoms with Gasteiger partial charge in [0.25, 0.3) is 5.91 Å². The lowest BCUT2D eigenvalue weighted by atomic mass is 9.99. The first-order chi connectivity index (χ1) is 16.9. The molecule has 8 nitrogen and oxygen atoms in total. The quantitative estimate of drug-likeness (QED) is 0.109. The Balaban J connectivity index is 1.66. The predicted molar refractivity (Wildman–Crippen MR) is 139 cm³/mol. The molecule has 0 N–H and O–H groups in total. The van der Waals surface area contributed by atoms with Gasteiger partial charge in [-0.2, -0.15) is 0 Å². The molecular weight excluding hydrogens is 486 g/mol. The standard InChI is InChI=1S/C25H29N3O5S2/c1-17-11-20(15-27-32-4)28(16-17)25(30)21-14-22(31-3)18(2)12-19(21)13-24(29)33-9-10-34-35-23-7-5-6-8-26-23/h5-8,12,14-15,20H,1,9-11,13,16H2,2-4H3/b27-15+/t20-/m0/s1. The molecule has 0 bridgehead atoms. The molecule has 0 radical (unpaired) electrons. The number of aromatic nitrogens is 1. The first-order valence-electron chi connectivity index (χ1n) is 11.0. The molecular formula is C25H29N3O5S2. The van der Waals surface area contributed by atoms with Crippen LogP contribution in [0.5, 0.6) is 5.75 Å². The molecule has 2 aromatic rings. The summed E-state index contributed by atoms with van der Waals surface area (Å²) >= 11 is 0. The number of likely N-dealkylation sites (tertiary alicyclic amines) is 1. The minimum Gasteiger partial charge on any atom is -0.496 e. The first kappa shape index (κ1) is 26.6. The fraction of sp³-hybridized carbons (Fsp3) is 0.360. The monoisotopic (exact) mass is 515 g/mol. The van der Waals surface area contributed by atoms with Crippen LogP contribution in [0.1, 0.15) is 27.9 Å². The summed E-state index contributed by atoms with van der Waals surface area (Å²) in [5.41, 5.74) is 2.74. The van der Waals surface area contributed by atoms with Crippen LogP contribution in [0, 0.1) is 6.92 Å². The van der Waals surface area contributed by atoms with Crippen molar-refractivity contribution in [2.45, 2.75) is 30.8 Å². The van der Waals surface area contributed by atoms with Crippen LogP contribution in [0.25, 0.3) is 0 Å². The fourth-order valence-corrected chi connectivity index (χ4v) is 5.38. The van der Waals surface area contributed by atoms with Crippen molar-refractivity contribution in [3.8, 4) is 5.75 Å². The molecule has 35 heavy (non-hydrogen) atoms. The number of oxime groups is 1. The number of carbonyl (C=O) groups excluding carboxylic acids is 2. The molecule has 1 aliphatic rings. The average Bonchev–Trinajstić information content (AvgIpc) is 3.23. The molecule has 0 unspecified atom stereocenters. The molecule has 1 aromatic heterocycles. The van der Waals surface area contributed by atoms with Crippen molar-refractivity contribution in [3.63, 3.8) is 0 Å². The number of hydrogen-bond donors (Lipinski definition) is 0. The van der Waals surface area contributed by atoms with Crippen LogP contribution in [-0.4, -0.2) is 67.1 Å². The molecule has 1 fully saturated rings. The Morgan fingerprint density at radius 2 is 2.14 bits per heavy atom. The second-order valence-electron chi connectivity index (χ2n) is 7.84. The van der Waals surface area contributed by atoms with Crippen LogP contribution in [0.3, 0.4) is 0 Å². The number of pyridine rings is 1. The van der Waals surface area contributed by atoms with Crippen molar-refractivity contribution in [3.05, 3.63) is 65.4 Å². The Morgan fingerprint density at radius 3 is 2.86 bits per heavy atom. The predicted octanol–water partition coefficient (Wildman–Crippen LogP) is 4.33. The van der Waals surface area contributed by atoms with Crippen LogP contribution in [0.2, 0.25) is 0 Å². The molecule has 0 spiro atoms. The number of methoxy groups -OCH3 is 1. The van der Waals surface area contributed by atoms with E-state index in [1.807, 2.05) is 31.2 Å². The van der Waals surface area contributed by atoms with Gasteiger partial charge in [0.1, 0.15) is 24.5 Å². The maximum atomic E-state index is 13.5. The SMILES string of the molecule is C=C1C[C@@H](/C=N/OC)N(C(=O)c2cc(OC)c(C)cc2CC(=O)OCCSSc2ccccn2)C1. The van der Waals surface area contributed by atoms with Crippen LogP contribution in [0.4, 0.5) is 0 Å². The number of rotatable bonds is 11.